The van der Waals surface area contributed by atoms with Crippen molar-refractivity contribution in [2.45, 2.75) is 26.1 Å². The Balaban J connectivity index is 1.35. The second kappa shape index (κ2) is 11.2. The summed E-state index contributed by atoms with van der Waals surface area (Å²) in [6.07, 6.45) is 4.23. The first-order valence-corrected chi connectivity index (χ1v) is 12.5. The topological polar surface area (TPSA) is 83.5 Å². The number of benzene rings is 2. The molecular weight excluding hydrogens is 514 g/mol. The fourth-order valence-corrected chi connectivity index (χ4v) is 4.33. The lowest BCUT2D eigenvalue weighted by atomic mass is 10.1. The highest BCUT2D eigenvalue weighted by Gasteiger charge is 2.14. The Labute approximate surface area is 218 Å². The summed E-state index contributed by atoms with van der Waals surface area (Å²) in [4.78, 5) is 11.6. The molecule has 0 atom stereocenters. The van der Waals surface area contributed by atoms with E-state index >= 15 is 0 Å². The van der Waals surface area contributed by atoms with Crippen molar-refractivity contribution in [3.63, 3.8) is 0 Å². The third-order valence-electron chi connectivity index (χ3n) is 6.02. The largest absolute Gasteiger partial charge is 0.310 e. The molecule has 0 spiro atoms. The minimum atomic E-state index is 0.544. The first-order chi connectivity index (χ1) is 17.7. The van der Waals surface area contributed by atoms with Crippen LogP contribution in [0.2, 0.25) is 0 Å². The average molecular weight is 538 g/mol. The second-order valence-electron chi connectivity index (χ2n) is 8.61. The van der Waals surface area contributed by atoms with Crippen LogP contribution in [0.5, 0.6) is 0 Å². The fraction of sp³-hybridized carbons (Fsp3) is 0.179. The number of nitrogens with zero attached hydrogens (tertiary/aromatic N) is 7. The van der Waals surface area contributed by atoms with Crippen molar-refractivity contribution in [3.05, 3.63) is 118 Å². The van der Waals surface area contributed by atoms with Crippen molar-refractivity contribution < 1.29 is 0 Å². The van der Waals surface area contributed by atoms with Crippen LogP contribution in [0, 0.1) is 11.3 Å². The van der Waals surface area contributed by atoms with E-state index in [9.17, 15) is 0 Å². The van der Waals surface area contributed by atoms with Gasteiger partial charge in [0.25, 0.3) is 0 Å². The molecule has 0 bridgehead atoms. The van der Waals surface area contributed by atoms with E-state index in [0.29, 0.717) is 25.2 Å². The molecule has 0 radical (unpaired) electrons. The molecule has 0 saturated heterocycles. The number of rotatable bonds is 9. The van der Waals surface area contributed by atoms with Crippen LogP contribution < -0.4 is 0 Å². The predicted octanol–water partition coefficient (Wildman–Crippen LogP) is 5.15. The molecule has 0 aliphatic carbocycles. The lowest BCUT2D eigenvalue weighted by Gasteiger charge is -2.22. The quantitative estimate of drug-likeness (QED) is 0.258. The summed E-state index contributed by atoms with van der Waals surface area (Å²) in [5.41, 5.74) is 4.69. The highest BCUT2D eigenvalue weighted by Crippen LogP contribution is 2.16. The van der Waals surface area contributed by atoms with Gasteiger partial charge in [-0.2, -0.15) is 5.26 Å². The smallest absolute Gasteiger partial charge is 0.147 e. The zero-order chi connectivity index (χ0) is 24.7. The van der Waals surface area contributed by atoms with Gasteiger partial charge < -0.3 is 4.57 Å². The molecule has 3 heterocycles. The summed E-state index contributed by atoms with van der Waals surface area (Å²) in [6, 6.07) is 26.6. The van der Waals surface area contributed by atoms with Gasteiger partial charge in [0, 0.05) is 29.1 Å². The van der Waals surface area contributed by atoms with Crippen molar-refractivity contribution in [1.29, 1.82) is 5.26 Å². The maximum atomic E-state index is 9.03. The number of pyridine rings is 2. The summed E-state index contributed by atoms with van der Waals surface area (Å²) in [5, 5.41) is 18.7. The first-order valence-electron chi connectivity index (χ1n) is 11.7. The fourth-order valence-electron chi connectivity index (χ4n) is 4.07. The molecular formula is C28H24BrN7. The van der Waals surface area contributed by atoms with E-state index in [4.69, 9.17) is 10.2 Å². The average Bonchev–Trinajstić information content (AvgIpc) is 3.34. The molecule has 0 saturated carbocycles. The lowest BCUT2D eigenvalue weighted by Crippen LogP contribution is -2.27. The molecule has 0 N–H and O–H groups in total. The standard InChI is InChI=1S/C28H24BrN7/c29-24-9-5-21(6-10-24)13-14-35(17-26-12-8-23-3-1-2-4-27(23)33-26)19-28-34-32-20-36(28)18-25-11-7-22(15-30)16-31-25/h1-12,16,20H,13-14,17-19H2. The van der Waals surface area contributed by atoms with Gasteiger partial charge in [-0.05, 0) is 48.4 Å². The minimum Gasteiger partial charge on any atom is -0.310 e. The Morgan fingerprint density at radius 3 is 2.56 bits per heavy atom. The molecule has 36 heavy (non-hydrogen) atoms. The number of fused-ring (bicyclic) bond motifs is 1. The summed E-state index contributed by atoms with van der Waals surface area (Å²) >= 11 is 3.51. The van der Waals surface area contributed by atoms with Gasteiger partial charge >= 0.3 is 0 Å². The van der Waals surface area contributed by atoms with Gasteiger partial charge in [0.2, 0.25) is 0 Å². The molecule has 7 nitrogen and oxygen atoms in total. The van der Waals surface area contributed by atoms with Crippen LogP contribution >= 0.6 is 15.9 Å². The van der Waals surface area contributed by atoms with Gasteiger partial charge in [-0.1, -0.05) is 52.3 Å². The van der Waals surface area contributed by atoms with E-state index in [0.717, 1.165) is 45.6 Å². The summed E-state index contributed by atoms with van der Waals surface area (Å²) in [5.74, 6) is 0.859. The van der Waals surface area contributed by atoms with Crippen LogP contribution in [-0.4, -0.2) is 36.2 Å². The third-order valence-corrected chi connectivity index (χ3v) is 6.55. The molecule has 2 aromatic carbocycles. The predicted molar refractivity (Wildman–Crippen MR) is 142 cm³/mol. The first kappa shape index (κ1) is 23.8. The molecule has 3 aromatic heterocycles. The van der Waals surface area contributed by atoms with Crippen LogP contribution in [0.4, 0.5) is 0 Å². The maximum absolute atomic E-state index is 9.03. The molecule has 178 valence electrons. The Bertz CT molecular complexity index is 1490. The third kappa shape index (κ3) is 6.00. The van der Waals surface area contributed by atoms with E-state index < -0.39 is 0 Å². The highest BCUT2D eigenvalue weighted by atomic mass is 79.9. The van der Waals surface area contributed by atoms with Gasteiger partial charge in [0.15, 0.2) is 0 Å². The van der Waals surface area contributed by atoms with Gasteiger partial charge in [-0.15, -0.1) is 10.2 Å². The monoisotopic (exact) mass is 537 g/mol. The van der Waals surface area contributed by atoms with Crippen molar-refractivity contribution in [2.24, 2.45) is 0 Å². The molecule has 5 aromatic rings. The van der Waals surface area contributed by atoms with Crippen molar-refractivity contribution in [1.82, 2.24) is 29.6 Å². The second-order valence-corrected chi connectivity index (χ2v) is 9.52. The minimum absolute atomic E-state index is 0.544. The number of hydrogen-bond donors (Lipinski definition) is 0. The summed E-state index contributed by atoms with van der Waals surface area (Å²) < 4.78 is 3.09. The van der Waals surface area contributed by atoms with Crippen LogP contribution in [0.25, 0.3) is 10.9 Å². The van der Waals surface area contributed by atoms with Crippen molar-refractivity contribution in [2.75, 3.05) is 6.54 Å². The van der Waals surface area contributed by atoms with Crippen molar-refractivity contribution in [3.8, 4) is 6.07 Å². The van der Waals surface area contributed by atoms with Crippen molar-refractivity contribution >= 4 is 26.8 Å². The Morgan fingerprint density at radius 2 is 1.75 bits per heavy atom. The molecule has 0 unspecified atom stereocenters. The Hall–Kier alpha value is -3.93. The Morgan fingerprint density at radius 1 is 0.917 bits per heavy atom. The number of hydrogen-bond acceptors (Lipinski definition) is 6. The zero-order valence-electron chi connectivity index (χ0n) is 19.6. The molecule has 0 amide bonds. The van der Waals surface area contributed by atoms with Crippen LogP contribution in [0.15, 0.2) is 89.8 Å². The van der Waals surface area contributed by atoms with Crippen LogP contribution in [0.1, 0.15) is 28.3 Å². The van der Waals surface area contributed by atoms with Crippen LogP contribution in [-0.2, 0) is 26.1 Å². The number of aromatic nitrogens is 5. The zero-order valence-corrected chi connectivity index (χ0v) is 21.2. The van der Waals surface area contributed by atoms with Gasteiger partial charge in [0.05, 0.1) is 35.6 Å². The van der Waals surface area contributed by atoms with E-state index in [2.05, 4.69) is 84.5 Å². The van der Waals surface area contributed by atoms with Gasteiger partial charge in [-0.25, -0.2) is 0 Å². The molecule has 8 heteroatoms. The molecule has 0 aliphatic rings. The van der Waals surface area contributed by atoms with E-state index in [1.54, 1.807) is 18.6 Å². The SMILES string of the molecule is N#Cc1ccc(Cn2cnnc2CN(CCc2ccc(Br)cc2)Cc2ccc3ccccc3n2)nc1. The van der Waals surface area contributed by atoms with Crippen LogP contribution in [0.3, 0.4) is 0 Å². The lowest BCUT2D eigenvalue weighted by molar-refractivity contribution is 0.247. The van der Waals surface area contributed by atoms with Gasteiger partial charge in [0.1, 0.15) is 18.2 Å². The maximum Gasteiger partial charge on any atom is 0.147 e. The number of para-hydroxylation sites is 1. The van der Waals surface area contributed by atoms with E-state index in [-0.39, 0.29) is 0 Å². The number of halogens is 1. The normalized spacial score (nSPS) is 11.1. The Kier molecular flexibility index (Phi) is 7.41. The number of nitriles is 1. The van der Waals surface area contributed by atoms with Gasteiger partial charge in [-0.3, -0.25) is 14.9 Å². The summed E-state index contributed by atoms with van der Waals surface area (Å²) in [7, 11) is 0. The highest BCUT2D eigenvalue weighted by molar-refractivity contribution is 9.10. The molecule has 0 aliphatic heterocycles. The molecule has 0 fully saturated rings. The van der Waals surface area contributed by atoms with E-state index in [1.165, 1.54) is 5.56 Å². The van der Waals surface area contributed by atoms with E-state index in [1.807, 2.05) is 28.8 Å². The summed E-state index contributed by atoms with van der Waals surface area (Å²) in [6.45, 7) is 2.71. The molecule has 5 rings (SSSR count).